The molecule has 0 spiro atoms. The van der Waals surface area contributed by atoms with Crippen molar-refractivity contribution in [3.8, 4) is 0 Å². The highest BCUT2D eigenvalue weighted by Crippen LogP contribution is 2.16. The second kappa shape index (κ2) is 3.50. The summed E-state index contributed by atoms with van der Waals surface area (Å²) < 4.78 is 26.3. The molecule has 4 heteroatoms. The van der Waals surface area contributed by atoms with Crippen molar-refractivity contribution in [1.82, 2.24) is 0 Å². The molecule has 0 fully saturated rings. The van der Waals surface area contributed by atoms with E-state index in [2.05, 4.69) is 35.6 Å². The van der Waals surface area contributed by atoms with E-state index in [9.17, 15) is 8.78 Å². The zero-order valence-electron chi connectivity index (χ0n) is 7.79. The number of rotatable bonds is 1. The van der Waals surface area contributed by atoms with Crippen molar-refractivity contribution < 1.29 is 8.78 Å². The Kier molecular flexibility index (Phi) is 2.92. The maximum atomic E-state index is 12.9. The van der Waals surface area contributed by atoms with Crippen LogP contribution < -0.4 is 5.19 Å². The largest absolute Gasteiger partial charge is 0.204 e. The summed E-state index contributed by atoms with van der Waals surface area (Å²) in [6, 6.07) is 2.49. The van der Waals surface area contributed by atoms with Crippen LogP contribution in [0.1, 0.15) is 0 Å². The molecule has 0 unspecified atom stereocenters. The number of hydrogen-bond acceptors (Lipinski definition) is 0. The fourth-order valence-electron chi connectivity index (χ4n) is 1.10. The van der Waals surface area contributed by atoms with E-state index in [1.165, 1.54) is 12.1 Å². The lowest BCUT2D eigenvalue weighted by molar-refractivity contribution is 0.509. The van der Waals surface area contributed by atoms with Gasteiger partial charge in [0.25, 0.3) is 0 Å². The first-order valence-corrected chi connectivity index (χ1v) is 8.26. The quantitative estimate of drug-likeness (QED) is 0.540. The first kappa shape index (κ1) is 10.9. The van der Waals surface area contributed by atoms with Gasteiger partial charge in [0.1, 0.15) is 0 Å². The number of benzene rings is 1. The summed E-state index contributed by atoms with van der Waals surface area (Å²) in [5.74, 6) is -1.56. The third kappa shape index (κ3) is 2.37. The van der Waals surface area contributed by atoms with Crippen molar-refractivity contribution in [1.29, 1.82) is 0 Å². The third-order valence-electron chi connectivity index (χ3n) is 1.82. The fraction of sp³-hybridized carbons (Fsp3) is 0.333. The molecule has 0 amide bonds. The summed E-state index contributed by atoms with van der Waals surface area (Å²) in [4.78, 5) is 0. The summed E-state index contributed by atoms with van der Waals surface area (Å²) in [5, 5.41) is 0.909. The zero-order valence-corrected chi connectivity index (χ0v) is 10.4. The zero-order chi connectivity index (χ0) is 10.2. The van der Waals surface area contributed by atoms with Crippen molar-refractivity contribution in [2.75, 3.05) is 0 Å². The van der Waals surface area contributed by atoms with Gasteiger partial charge < -0.3 is 0 Å². The second-order valence-corrected chi connectivity index (χ2v) is 9.89. The average Bonchev–Trinajstić information content (AvgIpc) is 1.94. The lowest BCUT2D eigenvalue weighted by Crippen LogP contribution is -2.39. The average molecular weight is 265 g/mol. The normalized spacial score (nSPS) is 11.8. The van der Waals surface area contributed by atoms with Crippen LogP contribution in [0.5, 0.6) is 0 Å². The van der Waals surface area contributed by atoms with Gasteiger partial charge in [0.2, 0.25) is 0 Å². The predicted octanol–water partition coefficient (Wildman–Crippen LogP) is 3.27. The van der Waals surface area contributed by atoms with Crippen molar-refractivity contribution in [3.05, 3.63) is 28.2 Å². The van der Waals surface area contributed by atoms with E-state index in [1.54, 1.807) is 0 Å². The van der Waals surface area contributed by atoms with Gasteiger partial charge in [0.15, 0.2) is 11.6 Å². The first-order valence-electron chi connectivity index (χ1n) is 3.97. The topological polar surface area (TPSA) is 0 Å². The van der Waals surface area contributed by atoms with Crippen LogP contribution in [0.25, 0.3) is 0 Å². The van der Waals surface area contributed by atoms with Gasteiger partial charge in [-0.3, -0.25) is 0 Å². The van der Waals surface area contributed by atoms with E-state index in [0.29, 0.717) is 4.47 Å². The molecule has 0 aliphatic heterocycles. The Morgan fingerprint density at radius 2 is 1.54 bits per heavy atom. The van der Waals surface area contributed by atoms with Crippen LogP contribution in [-0.2, 0) is 0 Å². The molecule has 0 heterocycles. The highest BCUT2D eigenvalue weighted by molar-refractivity contribution is 9.10. The van der Waals surface area contributed by atoms with Gasteiger partial charge in [-0.15, -0.1) is 0 Å². The Balaban J connectivity index is 3.32. The summed E-state index contributed by atoms with van der Waals surface area (Å²) in [6.45, 7) is 6.26. The SMILES string of the molecule is C[Si](C)(C)c1cc(F)c(F)cc1Br. The maximum absolute atomic E-state index is 12.9. The molecule has 0 bridgehead atoms. The highest BCUT2D eigenvalue weighted by atomic mass is 79.9. The Morgan fingerprint density at radius 1 is 1.08 bits per heavy atom. The third-order valence-corrected chi connectivity index (χ3v) is 4.87. The molecular formula is C9H11BrF2Si. The Labute approximate surface area is 86.1 Å². The smallest absolute Gasteiger partial charge is 0.159 e. The maximum Gasteiger partial charge on any atom is 0.159 e. The lowest BCUT2D eigenvalue weighted by Gasteiger charge is -2.18. The fourth-order valence-corrected chi connectivity index (χ4v) is 4.55. The molecule has 0 aliphatic carbocycles. The standard InChI is InChI=1S/C9H11BrF2Si/c1-13(2,3)9-5-8(12)7(11)4-6(9)10/h4-5H,1-3H3. The molecule has 0 aliphatic rings. The van der Waals surface area contributed by atoms with Gasteiger partial charge in [-0.2, -0.15) is 0 Å². The van der Waals surface area contributed by atoms with Gasteiger partial charge in [0, 0.05) is 4.47 Å². The van der Waals surface area contributed by atoms with E-state index < -0.39 is 19.7 Å². The van der Waals surface area contributed by atoms with E-state index in [0.717, 1.165) is 5.19 Å². The molecular weight excluding hydrogens is 254 g/mol. The van der Waals surface area contributed by atoms with E-state index in [4.69, 9.17) is 0 Å². The van der Waals surface area contributed by atoms with E-state index in [-0.39, 0.29) is 0 Å². The van der Waals surface area contributed by atoms with E-state index in [1.807, 2.05) is 0 Å². The van der Waals surface area contributed by atoms with Gasteiger partial charge in [0.05, 0.1) is 8.07 Å². The monoisotopic (exact) mass is 264 g/mol. The Bertz CT molecular complexity index is 331. The van der Waals surface area contributed by atoms with Crippen LogP contribution in [0.2, 0.25) is 19.6 Å². The molecule has 0 nitrogen and oxygen atoms in total. The minimum absolute atomic E-state index is 0.672. The number of halogens is 3. The van der Waals surface area contributed by atoms with Crippen molar-refractivity contribution in [2.24, 2.45) is 0 Å². The van der Waals surface area contributed by atoms with E-state index >= 15 is 0 Å². The summed E-state index contributed by atoms with van der Waals surface area (Å²) in [6.07, 6.45) is 0. The molecule has 0 aromatic heterocycles. The van der Waals surface area contributed by atoms with Crippen LogP contribution in [0, 0.1) is 11.6 Å². The van der Waals surface area contributed by atoms with Crippen LogP contribution in [-0.4, -0.2) is 8.07 Å². The molecule has 0 saturated heterocycles. The molecule has 0 N–H and O–H groups in total. The summed E-state index contributed by atoms with van der Waals surface area (Å²) in [5.41, 5.74) is 0. The Hall–Kier alpha value is -0.223. The minimum atomic E-state index is -1.59. The van der Waals surface area contributed by atoms with Crippen LogP contribution in [0.4, 0.5) is 8.78 Å². The molecule has 0 radical (unpaired) electrons. The minimum Gasteiger partial charge on any atom is -0.204 e. The predicted molar refractivity (Wildman–Crippen MR) is 57.0 cm³/mol. The van der Waals surface area contributed by atoms with Crippen LogP contribution in [0.3, 0.4) is 0 Å². The molecule has 13 heavy (non-hydrogen) atoms. The molecule has 0 atom stereocenters. The lowest BCUT2D eigenvalue weighted by atomic mass is 10.3. The van der Waals surface area contributed by atoms with Gasteiger partial charge in [-0.25, -0.2) is 8.78 Å². The van der Waals surface area contributed by atoms with Crippen molar-refractivity contribution in [3.63, 3.8) is 0 Å². The van der Waals surface area contributed by atoms with Crippen molar-refractivity contribution >= 4 is 29.2 Å². The number of hydrogen-bond donors (Lipinski definition) is 0. The van der Waals surface area contributed by atoms with Crippen LogP contribution in [0.15, 0.2) is 16.6 Å². The molecule has 72 valence electrons. The van der Waals surface area contributed by atoms with Gasteiger partial charge >= 0.3 is 0 Å². The van der Waals surface area contributed by atoms with Gasteiger partial charge in [-0.05, 0) is 17.3 Å². The summed E-state index contributed by atoms with van der Waals surface area (Å²) in [7, 11) is -1.59. The second-order valence-electron chi connectivity index (χ2n) is 4.00. The van der Waals surface area contributed by atoms with Gasteiger partial charge in [-0.1, -0.05) is 35.6 Å². The molecule has 1 rings (SSSR count). The van der Waals surface area contributed by atoms with Crippen LogP contribution >= 0.6 is 15.9 Å². The first-order chi connectivity index (χ1) is 5.82. The summed E-state index contributed by atoms with van der Waals surface area (Å²) >= 11 is 3.25. The Morgan fingerprint density at radius 3 is 2.00 bits per heavy atom. The molecule has 1 aromatic rings. The molecule has 1 aromatic carbocycles. The van der Waals surface area contributed by atoms with Crippen molar-refractivity contribution in [2.45, 2.75) is 19.6 Å². The molecule has 0 saturated carbocycles. The highest BCUT2D eigenvalue weighted by Gasteiger charge is 2.21.